The fourth-order valence-electron chi connectivity index (χ4n) is 1.81. The van der Waals surface area contributed by atoms with E-state index in [1.54, 1.807) is 0 Å². The van der Waals surface area contributed by atoms with E-state index in [1.165, 1.54) is 37.1 Å². The van der Waals surface area contributed by atoms with Gasteiger partial charge in [0.25, 0.3) is 0 Å². The number of hydrogen-bond donors (Lipinski definition) is 2. The second-order valence-corrected chi connectivity index (χ2v) is 5.34. The van der Waals surface area contributed by atoms with Gasteiger partial charge in [-0.05, 0) is 36.5 Å². The number of alkyl halides is 3. The lowest BCUT2D eigenvalue weighted by molar-refractivity contribution is -0.274. The molecule has 0 saturated heterocycles. The Bertz CT molecular complexity index is 520. The third kappa shape index (κ3) is 9.16. The van der Waals surface area contributed by atoms with Gasteiger partial charge in [0.1, 0.15) is 5.75 Å². The van der Waals surface area contributed by atoms with Crippen LogP contribution in [0.15, 0.2) is 29.3 Å². The summed E-state index contributed by atoms with van der Waals surface area (Å²) in [5, 5.41) is 2.92. The number of nitrogens with one attached hydrogen (secondary N) is 1. The second-order valence-electron chi connectivity index (χ2n) is 5.34. The number of nitrogens with two attached hydrogens (primary N) is 1. The molecule has 1 aromatic carbocycles. The van der Waals surface area contributed by atoms with E-state index in [4.69, 9.17) is 10.5 Å². The maximum Gasteiger partial charge on any atom is 0.573 e. The summed E-state index contributed by atoms with van der Waals surface area (Å²) in [4.78, 5) is 4.11. The summed E-state index contributed by atoms with van der Waals surface area (Å²) in [5.41, 5.74) is 6.43. The number of nitrogens with zero attached hydrogens (tertiary/aromatic N) is 1. The fraction of sp³-hybridized carbons (Fsp3) is 0.533. The van der Waals surface area contributed by atoms with Gasteiger partial charge >= 0.3 is 6.36 Å². The van der Waals surface area contributed by atoms with Crippen LogP contribution in [0.25, 0.3) is 0 Å². The average molecular weight is 459 g/mol. The summed E-state index contributed by atoms with van der Waals surface area (Å²) >= 11 is 0. The summed E-state index contributed by atoms with van der Waals surface area (Å²) in [5.74, 6) is 0.741. The Morgan fingerprint density at radius 3 is 2.50 bits per heavy atom. The highest BCUT2D eigenvalue weighted by molar-refractivity contribution is 14.0. The molecular weight excluding hydrogens is 438 g/mol. The van der Waals surface area contributed by atoms with E-state index in [2.05, 4.69) is 15.0 Å². The van der Waals surface area contributed by atoms with Gasteiger partial charge in [-0.15, -0.1) is 37.1 Å². The van der Waals surface area contributed by atoms with Gasteiger partial charge in [0.2, 0.25) is 0 Å². The fourth-order valence-corrected chi connectivity index (χ4v) is 1.81. The molecule has 2 rings (SSSR count). The van der Waals surface area contributed by atoms with Crippen LogP contribution < -0.4 is 15.8 Å². The maximum absolute atomic E-state index is 12.0. The number of halogens is 4. The van der Waals surface area contributed by atoms with Gasteiger partial charge < -0.3 is 20.5 Å². The molecule has 9 heteroatoms. The number of rotatable bonds is 8. The van der Waals surface area contributed by atoms with Crippen molar-refractivity contribution in [3.8, 4) is 5.75 Å². The normalized spacial score (nSPS) is 14.9. The highest BCUT2D eigenvalue weighted by atomic mass is 127. The molecule has 0 aliphatic heterocycles. The summed E-state index contributed by atoms with van der Waals surface area (Å²) in [6.07, 6.45) is -2.18. The quantitative estimate of drug-likeness (QED) is 0.272. The Hall–Kier alpha value is -1.23. The maximum atomic E-state index is 12.0. The minimum atomic E-state index is -4.68. The molecule has 1 fully saturated rings. The highest BCUT2D eigenvalue weighted by Crippen LogP contribution is 2.28. The third-order valence-electron chi connectivity index (χ3n) is 3.19. The molecule has 5 nitrogen and oxygen atoms in total. The number of ether oxygens (including phenoxy) is 2. The van der Waals surface area contributed by atoms with Gasteiger partial charge in [-0.3, -0.25) is 0 Å². The van der Waals surface area contributed by atoms with Crippen LogP contribution in [0.4, 0.5) is 13.2 Å². The lowest BCUT2D eigenvalue weighted by Gasteiger charge is -2.09. The SMILES string of the molecule is I.NC(=NCc1ccc(OC(F)(F)F)cc1)NCCOCC1CC1. The van der Waals surface area contributed by atoms with Crippen LogP contribution in [0.1, 0.15) is 18.4 Å². The first kappa shape index (κ1) is 20.8. The summed E-state index contributed by atoms with van der Waals surface area (Å²) in [6.45, 7) is 2.20. The predicted molar refractivity (Wildman–Crippen MR) is 95.4 cm³/mol. The molecule has 136 valence electrons. The largest absolute Gasteiger partial charge is 0.573 e. The third-order valence-corrected chi connectivity index (χ3v) is 3.19. The zero-order valence-corrected chi connectivity index (χ0v) is 15.3. The van der Waals surface area contributed by atoms with Crippen LogP contribution in [-0.4, -0.2) is 32.1 Å². The van der Waals surface area contributed by atoms with Gasteiger partial charge in [0, 0.05) is 13.2 Å². The van der Waals surface area contributed by atoms with Gasteiger partial charge in [0.15, 0.2) is 5.96 Å². The molecule has 0 heterocycles. The Morgan fingerprint density at radius 1 is 1.25 bits per heavy atom. The number of aliphatic imine (C=N–C) groups is 1. The number of benzene rings is 1. The summed E-state index contributed by atoms with van der Waals surface area (Å²) < 4.78 is 45.4. The molecule has 0 radical (unpaired) electrons. The molecule has 0 atom stereocenters. The topological polar surface area (TPSA) is 68.9 Å². The van der Waals surface area contributed by atoms with Crippen LogP contribution in [0, 0.1) is 5.92 Å². The molecular formula is C15H21F3IN3O2. The minimum Gasteiger partial charge on any atom is -0.406 e. The monoisotopic (exact) mass is 459 g/mol. The van der Waals surface area contributed by atoms with E-state index in [-0.39, 0.29) is 42.2 Å². The molecule has 0 spiro atoms. The summed E-state index contributed by atoms with van der Waals surface area (Å²) in [7, 11) is 0. The van der Waals surface area contributed by atoms with Crippen molar-refractivity contribution in [2.45, 2.75) is 25.7 Å². The van der Waals surface area contributed by atoms with E-state index in [0.717, 1.165) is 18.1 Å². The van der Waals surface area contributed by atoms with Crippen molar-refractivity contribution in [3.63, 3.8) is 0 Å². The molecule has 1 aliphatic carbocycles. The van der Waals surface area contributed by atoms with Crippen molar-refractivity contribution in [2.75, 3.05) is 19.8 Å². The molecule has 1 aliphatic rings. The van der Waals surface area contributed by atoms with Gasteiger partial charge in [0.05, 0.1) is 13.2 Å². The van der Waals surface area contributed by atoms with E-state index < -0.39 is 6.36 Å². The Morgan fingerprint density at radius 2 is 1.92 bits per heavy atom. The van der Waals surface area contributed by atoms with Crippen LogP contribution in [-0.2, 0) is 11.3 Å². The zero-order chi connectivity index (χ0) is 16.7. The highest BCUT2D eigenvalue weighted by Gasteiger charge is 2.30. The minimum absolute atomic E-state index is 0. The van der Waals surface area contributed by atoms with Crippen molar-refractivity contribution < 1.29 is 22.6 Å². The first-order valence-electron chi connectivity index (χ1n) is 7.38. The van der Waals surface area contributed by atoms with Crippen molar-refractivity contribution in [2.24, 2.45) is 16.6 Å². The van der Waals surface area contributed by atoms with E-state index in [0.29, 0.717) is 13.2 Å². The van der Waals surface area contributed by atoms with Crippen LogP contribution in [0.5, 0.6) is 5.75 Å². The standard InChI is InChI=1S/C15H20F3N3O2.HI/c16-15(17,18)23-13-5-3-11(4-6-13)9-21-14(19)20-7-8-22-10-12-1-2-12;/h3-6,12H,1-2,7-10H2,(H3,19,20,21);1H. The molecule has 0 aromatic heterocycles. The van der Waals surface area contributed by atoms with E-state index in [9.17, 15) is 13.2 Å². The molecule has 0 amide bonds. The second kappa shape index (κ2) is 9.92. The Balaban J connectivity index is 0.00000288. The summed E-state index contributed by atoms with van der Waals surface area (Å²) in [6, 6.07) is 5.51. The molecule has 3 N–H and O–H groups in total. The zero-order valence-electron chi connectivity index (χ0n) is 13.0. The van der Waals surface area contributed by atoms with Gasteiger partial charge in [-0.2, -0.15) is 0 Å². The number of guanidine groups is 1. The average Bonchev–Trinajstić information content (AvgIpc) is 3.29. The smallest absolute Gasteiger partial charge is 0.406 e. The van der Waals surface area contributed by atoms with Crippen molar-refractivity contribution in [1.29, 1.82) is 0 Å². The lowest BCUT2D eigenvalue weighted by Crippen LogP contribution is -2.34. The van der Waals surface area contributed by atoms with Gasteiger partial charge in [-0.1, -0.05) is 12.1 Å². The van der Waals surface area contributed by atoms with E-state index in [1.807, 2.05) is 0 Å². The van der Waals surface area contributed by atoms with Crippen LogP contribution >= 0.6 is 24.0 Å². The number of hydrogen-bond acceptors (Lipinski definition) is 3. The van der Waals surface area contributed by atoms with E-state index >= 15 is 0 Å². The molecule has 1 aromatic rings. The molecule has 24 heavy (non-hydrogen) atoms. The first-order valence-corrected chi connectivity index (χ1v) is 7.38. The van der Waals surface area contributed by atoms with Gasteiger partial charge in [-0.25, -0.2) is 4.99 Å². The Labute approximate surface area is 155 Å². The predicted octanol–water partition coefficient (Wildman–Crippen LogP) is 3.03. The molecule has 1 saturated carbocycles. The first-order chi connectivity index (χ1) is 10.9. The molecule has 0 bridgehead atoms. The van der Waals surface area contributed by atoms with Crippen LogP contribution in [0.2, 0.25) is 0 Å². The lowest BCUT2D eigenvalue weighted by atomic mass is 10.2. The Kier molecular flexibility index (Phi) is 8.60. The molecule has 0 unspecified atom stereocenters. The van der Waals surface area contributed by atoms with Crippen LogP contribution in [0.3, 0.4) is 0 Å². The van der Waals surface area contributed by atoms with Crippen molar-refractivity contribution in [3.05, 3.63) is 29.8 Å². The van der Waals surface area contributed by atoms with Crippen molar-refractivity contribution >= 4 is 29.9 Å². The van der Waals surface area contributed by atoms with Crippen molar-refractivity contribution in [1.82, 2.24) is 5.32 Å².